The number of hydrogen-bond acceptors (Lipinski definition) is 3. The van der Waals surface area contributed by atoms with Crippen LogP contribution in [-0.2, 0) is 18.4 Å². The van der Waals surface area contributed by atoms with Crippen LogP contribution >= 0.6 is 15.9 Å². The van der Waals surface area contributed by atoms with Crippen molar-refractivity contribution < 1.29 is 9.90 Å². The summed E-state index contributed by atoms with van der Waals surface area (Å²) in [5.41, 5.74) is 1.73. The maximum Gasteiger partial charge on any atom is 0.325 e. The molecule has 2 aromatic rings. The third kappa shape index (κ3) is 3.46. The minimum Gasteiger partial charge on any atom is -0.480 e. The number of nitrogens with zero attached hydrogens (tertiary/aromatic N) is 3. The number of likely N-dealkylation sites (N-methyl/N-ethyl adjacent to an activating group) is 1. The van der Waals surface area contributed by atoms with Gasteiger partial charge in [0.2, 0.25) is 0 Å². The van der Waals surface area contributed by atoms with Crippen LogP contribution < -0.4 is 0 Å². The van der Waals surface area contributed by atoms with Gasteiger partial charge in [0.1, 0.15) is 6.04 Å². The van der Waals surface area contributed by atoms with Crippen molar-refractivity contribution in [1.82, 2.24) is 14.7 Å². The van der Waals surface area contributed by atoms with Gasteiger partial charge < -0.3 is 5.11 Å². The van der Waals surface area contributed by atoms with Gasteiger partial charge in [-0.2, -0.15) is 5.10 Å². The van der Waals surface area contributed by atoms with Gasteiger partial charge in [-0.15, -0.1) is 0 Å². The molecule has 1 aromatic heterocycles. The lowest BCUT2D eigenvalue weighted by Crippen LogP contribution is -2.30. The lowest BCUT2D eigenvalue weighted by molar-refractivity contribution is -0.143. The number of hydrogen-bond donors (Lipinski definition) is 1. The van der Waals surface area contributed by atoms with E-state index >= 15 is 0 Å². The highest BCUT2D eigenvalue weighted by Gasteiger charge is 2.25. The Hall–Kier alpha value is -1.66. The van der Waals surface area contributed by atoms with Gasteiger partial charge in [-0.05, 0) is 24.7 Å². The number of rotatable bonds is 5. The molecule has 0 radical (unpaired) electrons. The maximum absolute atomic E-state index is 11.6. The molecule has 20 heavy (non-hydrogen) atoms. The van der Waals surface area contributed by atoms with Crippen LogP contribution in [0.25, 0.3) is 0 Å². The normalized spacial score (nSPS) is 12.6. The third-order valence-corrected chi connectivity index (χ3v) is 3.52. The van der Waals surface area contributed by atoms with E-state index < -0.39 is 12.0 Å². The van der Waals surface area contributed by atoms with Gasteiger partial charge >= 0.3 is 5.97 Å². The number of benzene rings is 1. The monoisotopic (exact) mass is 337 g/mol. The van der Waals surface area contributed by atoms with E-state index in [4.69, 9.17) is 0 Å². The number of aliphatic carboxylic acids is 1. The second kappa shape index (κ2) is 6.19. The standard InChI is InChI=1S/C14H16BrN3O2/c1-17(8-10-7-16-18(2)9-10)13(14(19)20)11-4-3-5-12(15)6-11/h3-7,9,13H,8H2,1-2H3,(H,19,20). The Balaban J connectivity index is 2.22. The molecule has 5 nitrogen and oxygen atoms in total. The molecule has 0 fully saturated rings. The fourth-order valence-corrected chi connectivity index (χ4v) is 2.61. The largest absolute Gasteiger partial charge is 0.480 e. The smallest absolute Gasteiger partial charge is 0.325 e. The second-order valence-electron chi connectivity index (χ2n) is 4.73. The highest BCUT2D eigenvalue weighted by atomic mass is 79.9. The van der Waals surface area contributed by atoms with Crippen LogP contribution in [0.15, 0.2) is 41.1 Å². The first-order chi connectivity index (χ1) is 9.47. The van der Waals surface area contributed by atoms with E-state index in [-0.39, 0.29) is 0 Å². The lowest BCUT2D eigenvalue weighted by Gasteiger charge is -2.24. The van der Waals surface area contributed by atoms with Crippen LogP contribution in [0.5, 0.6) is 0 Å². The molecule has 0 bridgehead atoms. The Kier molecular flexibility index (Phi) is 4.57. The molecule has 0 saturated carbocycles. The maximum atomic E-state index is 11.6. The summed E-state index contributed by atoms with van der Waals surface area (Å²) in [6, 6.07) is 6.69. The molecule has 1 N–H and O–H groups in total. The van der Waals surface area contributed by atoms with E-state index in [2.05, 4.69) is 21.0 Å². The SMILES string of the molecule is CN(Cc1cnn(C)c1)C(C(=O)O)c1cccc(Br)c1. The first-order valence-corrected chi connectivity index (χ1v) is 6.92. The molecule has 0 aliphatic heterocycles. The van der Waals surface area contributed by atoms with Crippen LogP contribution in [0, 0.1) is 0 Å². The summed E-state index contributed by atoms with van der Waals surface area (Å²) in [5, 5.41) is 13.6. The second-order valence-corrected chi connectivity index (χ2v) is 5.65. The Bertz CT molecular complexity index is 612. The molecule has 6 heteroatoms. The number of aryl methyl sites for hydroxylation is 1. The van der Waals surface area contributed by atoms with Gasteiger partial charge in [0.15, 0.2) is 0 Å². The highest BCUT2D eigenvalue weighted by molar-refractivity contribution is 9.10. The predicted octanol–water partition coefficient (Wildman–Crippen LogP) is 2.44. The van der Waals surface area contributed by atoms with Gasteiger partial charge in [0.05, 0.1) is 6.20 Å². The van der Waals surface area contributed by atoms with E-state index in [9.17, 15) is 9.90 Å². The Morgan fingerprint density at radius 3 is 2.85 bits per heavy atom. The van der Waals surface area contributed by atoms with Crippen LogP contribution in [0.3, 0.4) is 0 Å². The lowest BCUT2D eigenvalue weighted by atomic mass is 10.1. The number of halogens is 1. The molecule has 0 aliphatic carbocycles. The third-order valence-electron chi connectivity index (χ3n) is 3.03. The van der Waals surface area contributed by atoms with Crippen molar-refractivity contribution in [2.75, 3.05) is 7.05 Å². The van der Waals surface area contributed by atoms with E-state index in [1.165, 1.54) is 0 Å². The molecule has 1 unspecified atom stereocenters. The summed E-state index contributed by atoms with van der Waals surface area (Å²) in [6.07, 6.45) is 3.63. The van der Waals surface area contributed by atoms with Crippen LogP contribution in [-0.4, -0.2) is 32.8 Å². The minimum atomic E-state index is -0.866. The highest BCUT2D eigenvalue weighted by Crippen LogP contribution is 2.24. The molecule has 0 spiro atoms. The topological polar surface area (TPSA) is 58.4 Å². The van der Waals surface area contributed by atoms with Gasteiger partial charge in [-0.1, -0.05) is 28.1 Å². The molecule has 1 heterocycles. The summed E-state index contributed by atoms with van der Waals surface area (Å²) >= 11 is 3.37. The number of aromatic nitrogens is 2. The zero-order valence-electron chi connectivity index (χ0n) is 11.3. The number of carboxylic acid groups (broad SMARTS) is 1. The molecular weight excluding hydrogens is 322 g/mol. The Morgan fingerprint density at radius 1 is 1.55 bits per heavy atom. The average molecular weight is 338 g/mol. The van der Waals surface area contributed by atoms with E-state index in [1.54, 1.807) is 22.8 Å². The summed E-state index contributed by atoms with van der Waals surface area (Å²) in [6.45, 7) is 0.525. The molecule has 0 saturated heterocycles. The fraction of sp³-hybridized carbons (Fsp3) is 0.286. The van der Waals surface area contributed by atoms with Crippen molar-refractivity contribution in [1.29, 1.82) is 0 Å². The summed E-state index contributed by atoms with van der Waals surface area (Å²) in [4.78, 5) is 13.4. The molecule has 0 amide bonds. The molecule has 2 rings (SSSR count). The molecule has 106 valence electrons. The zero-order valence-corrected chi connectivity index (χ0v) is 12.9. The Labute approximate surface area is 126 Å². The zero-order chi connectivity index (χ0) is 14.7. The summed E-state index contributed by atoms with van der Waals surface area (Å²) < 4.78 is 2.58. The van der Waals surface area contributed by atoms with Crippen molar-refractivity contribution in [2.24, 2.45) is 7.05 Å². The van der Waals surface area contributed by atoms with Crippen LogP contribution in [0.1, 0.15) is 17.2 Å². The van der Waals surface area contributed by atoms with Gasteiger partial charge in [0.25, 0.3) is 0 Å². The summed E-state index contributed by atoms with van der Waals surface area (Å²) in [5.74, 6) is -0.866. The van der Waals surface area contributed by atoms with Crippen LogP contribution in [0.4, 0.5) is 0 Å². The van der Waals surface area contributed by atoms with Gasteiger partial charge in [0, 0.05) is 29.8 Å². The van der Waals surface area contributed by atoms with Crippen molar-refractivity contribution in [3.05, 3.63) is 52.3 Å². The Morgan fingerprint density at radius 2 is 2.30 bits per heavy atom. The first-order valence-electron chi connectivity index (χ1n) is 6.13. The summed E-state index contributed by atoms with van der Waals surface area (Å²) in [7, 11) is 3.64. The average Bonchev–Trinajstić information content (AvgIpc) is 2.74. The number of carboxylic acids is 1. The molecular formula is C14H16BrN3O2. The fourth-order valence-electron chi connectivity index (χ4n) is 2.20. The van der Waals surface area contributed by atoms with Crippen molar-refractivity contribution in [3.63, 3.8) is 0 Å². The molecule has 1 aromatic carbocycles. The van der Waals surface area contributed by atoms with Crippen molar-refractivity contribution >= 4 is 21.9 Å². The van der Waals surface area contributed by atoms with Gasteiger partial charge in [-0.25, -0.2) is 0 Å². The van der Waals surface area contributed by atoms with E-state index in [0.717, 1.165) is 15.6 Å². The van der Waals surface area contributed by atoms with E-state index in [1.807, 2.05) is 37.5 Å². The molecule has 0 aliphatic rings. The number of carbonyl (C=O) groups is 1. The van der Waals surface area contributed by atoms with E-state index in [0.29, 0.717) is 6.54 Å². The molecule has 1 atom stereocenters. The van der Waals surface area contributed by atoms with Crippen molar-refractivity contribution in [2.45, 2.75) is 12.6 Å². The van der Waals surface area contributed by atoms with Crippen molar-refractivity contribution in [3.8, 4) is 0 Å². The van der Waals surface area contributed by atoms with Gasteiger partial charge in [-0.3, -0.25) is 14.4 Å². The predicted molar refractivity (Wildman–Crippen MR) is 79.2 cm³/mol. The first kappa shape index (κ1) is 14.7. The quantitative estimate of drug-likeness (QED) is 0.910. The van der Waals surface area contributed by atoms with Crippen LogP contribution in [0.2, 0.25) is 0 Å². The minimum absolute atomic E-state index is 0.525.